The number of nitrogens with zero attached hydrogens (tertiary/aromatic N) is 6. The summed E-state index contributed by atoms with van der Waals surface area (Å²) >= 11 is 13.5. The lowest BCUT2D eigenvalue weighted by atomic mass is 10.2. The molecular weight excluding hydrogens is 419 g/mol. The molecule has 0 radical (unpaired) electrons. The molecule has 0 unspecified atom stereocenters. The molecular formula is C18H12Cl2N6OS. The van der Waals surface area contributed by atoms with Gasteiger partial charge in [-0.25, -0.2) is 4.98 Å². The van der Waals surface area contributed by atoms with Gasteiger partial charge in [0.05, 0.1) is 27.5 Å². The van der Waals surface area contributed by atoms with Crippen LogP contribution in [0.25, 0.3) is 21.0 Å². The number of thiazole rings is 1. The zero-order chi connectivity index (χ0) is 19.3. The van der Waals surface area contributed by atoms with Crippen molar-refractivity contribution in [3.05, 3.63) is 58.1 Å². The van der Waals surface area contributed by atoms with Crippen molar-refractivity contribution in [1.29, 1.82) is 0 Å². The second-order valence-electron chi connectivity index (χ2n) is 6.31. The van der Waals surface area contributed by atoms with Gasteiger partial charge in [0.25, 0.3) is 5.91 Å². The largest absolute Gasteiger partial charge is 0.329 e. The number of hydrogen-bond acceptors (Lipinski definition) is 6. The molecule has 0 N–H and O–H groups in total. The van der Waals surface area contributed by atoms with Crippen molar-refractivity contribution in [2.45, 2.75) is 13.1 Å². The SMILES string of the molecule is O=C(c1ccc(Cl)c(Cl)c1)N1CCn2c(nnc2-c2nc3cnccc3s2)C1. The van der Waals surface area contributed by atoms with Crippen LogP contribution in [0.5, 0.6) is 0 Å². The van der Waals surface area contributed by atoms with E-state index in [4.69, 9.17) is 23.2 Å². The Morgan fingerprint density at radius 3 is 2.82 bits per heavy atom. The topological polar surface area (TPSA) is 76.8 Å². The van der Waals surface area contributed by atoms with Crippen molar-refractivity contribution in [3.8, 4) is 10.8 Å². The zero-order valence-corrected chi connectivity index (χ0v) is 16.7. The molecule has 1 amide bonds. The van der Waals surface area contributed by atoms with Crippen LogP contribution in [0.15, 0.2) is 36.7 Å². The molecule has 0 bridgehead atoms. The van der Waals surface area contributed by atoms with E-state index in [1.54, 1.807) is 46.8 Å². The minimum absolute atomic E-state index is 0.111. The first-order valence-electron chi connectivity index (χ1n) is 8.47. The number of carbonyl (C=O) groups excluding carboxylic acids is 1. The maximum absolute atomic E-state index is 12.8. The Labute approximate surface area is 173 Å². The molecule has 0 atom stereocenters. The van der Waals surface area contributed by atoms with Crippen LogP contribution >= 0.6 is 34.5 Å². The number of hydrogen-bond donors (Lipinski definition) is 0. The van der Waals surface area contributed by atoms with Gasteiger partial charge in [-0.2, -0.15) is 0 Å². The monoisotopic (exact) mass is 430 g/mol. The van der Waals surface area contributed by atoms with Crippen LogP contribution in [-0.4, -0.2) is 42.1 Å². The third kappa shape index (κ3) is 2.94. The molecule has 0 saturated heterocycles. The summed E-state index contributed by atoms with van der Waals surface area (Å²) in [4.78, 5) is 23.3. The summed E-state index contributed by atoms with van der Waals surface area (Å²) in [6.45, 7) is 1.51. The first-order chi connectivity index (χ1) is 13.6. The van der Waals surface area contributed by atoms with E-state index in [0.29, 0.717) is 35.2 Å². The van der Waals surface area contributed by atoms with E-state index in [9.17, 15) is 4.79 Å². The molecule has 1 aliphatic rings. The van der Waals surface area contributed by atoms with Gasteiger partial charge in [0.2, 0.25) is 0 Å². The van der Waals surface area contributed by atoms with Crippen molar-refractivity contribution in [2.75, 3.05) is 6.54 Å². The summed E-state index contributed by atoms with van der Waals surface area (Å²) in [6.07, 6.45) is 3.48. The van der Waals surface area contributed by atoms with Crippen molar-refractivity contribution in [1.82, 2.24) is 29.6 Å². The lowest BCUT2D eigenvalue weighted by Gasteiger charge is -2.27. The van der Waals surface area contributed by atoms with Crippen LogP contribution in [0.3, 0.4) is 0 Å². The van der Waals surface area contributed by atoms with E-state index in [-0.39, 0.29) is 5.91 Å². The van der Waals surface area contributed by atoms with E-state index in [1.165, 1.54) is 0 Å². The number of fused-ring (bicyclic) bond motifs is 2. The summed E-state index contributed by atoms with van der Waals surface area (Å²) < 4.78 is 3.07. The minimum atomic E-state index is -0.111. The molecule has 28 heavy (non-hydrogen) atoms. The van der Waals surface area contributed by atoms with Gasteiger partial charge in [0.1, 0.15) is 5.52 Å². The highest BCUT2D eigenvalue weighted by Gasteiger charge is 2.27. The highest BCUT2D eigenvalue weighted by atomic mass is 35.5. The number of rotatable bonds is 2. The Bertz CT molecular complexity index is 1190. The second kappa shape index (κ2) is 6.80. The van der Waals surface area contributed by atoms with Crippen LogP contribution in [0.4, 0.5) is 0 Å². The fraction of sp³-hybridized carbons (Fsp3) is 0.167. The summed E-state index contributed by atoms with van der Waals surface area (Å²) in [5.74, 6) is 1.34. The number of amides is 1. The lowest BCUT2D eigenvalue weighted by Crippen LogP contribution is -2.38. The summed E-state index contributed by atoms with van der Waals surface area (Å²) in [6, 6.07) is 6.83. The molecule has 3 aromatic heterocycles. The molecule has 0 saturated carbocycles. The van der Waals surface area contributed by atoms with Gasteiger partial charge in [0, 0.05) is 24.8 Å². The Hall–Kier alpha value is -2.55. The van der Waals surface area contributed by atoms with E-state index in [0.717, 1.165) is 26.9 Å². The number of aromatic nitrogens is 5. The number of carbonyl (C=O) groups is 1. The summed E-state index contributed by atoms with van der Waals surface area (Å²) in [5, 5.41) is 10.2. The van der Waals surface area contributed by atoms with Gasteiger partial charge in [-0.1, -0.05) is 23.2 Å². The predicted octanol–water partition coefficient (Wildman–Crippen LogP) is 3.91. The predicted molar refractivity (Wildman–Crippen MR) is 108 cm³/mol. The Morgan fingerprint density at radius 2 is 2.00 bits per heavy atom. The van der Waals surface area contributed by atoms with E-state index >= 15 is 0 Å². The number of benzene rings is 1. The number of pyridine rings is 1. The minimum Gasteiger partial charge on any atom is -0.329 e. The van der Waals surface area contributed by atoms with Crippen molar-refractivity contribution in [3.63, 3.8) is 0 Å². The first kappa shape index (κ1) is 17.5. The zero-order valence-electron chi connectivity index (χ0n) is 14.3. The summed E-state index contributed by atoms with van der Waals surface area (Å²) in [7, 11) is 0. The van der Waals surface area contributed by atoms with Crippen LogP contribution in [-0.2, 0) is 13.1 Å². The average molecular weight is 431 g/mol. The lowest BCUT2D eigenvalue weighted by molar-refractivity contribution is 0.0708. The number of halogens is 2. The van der Waals surface area contributed by atoms with Gasteiger partial charge in [-0.05, 0) is 24.3 Å². The highest BCUT2D eigenvalue weighted by Crippen LogP contribution is 2.30. The van der Waals surface area contributed by atoms with Crippen LogP contribution < -0.4 is 0 Å². The van der Waals surface area contributed by atoms with Gasteiger partial charge in [0.15, 0.2) is 16.7 Å². The molecule has 0 spiro atoms. The second-order valence-corrected chi connectivity index (χ2v) is 8.15. The molecule has 4 heterocycles. The third-order valence-electron chi connectivity index (χ3n) is 4.59. The van der Waals surface area contributed by atoms with Gasteiger partial charge >= 0.3 is 0 Å². The normalized spacial score (nSPS) is 13.7. The van der Waals surface area contributed by atoms with Crippen LogP contribution in [0.1, 0.15) is 16.2 Å². The molecule has 10 heteroatoms. The van der Waals surface area contributed by atoms with Crippen molar-refractivity contribution >= 4 is 50.7 Å². The maximum atomic E-state index is 12.8. The van der Waals surface area contributed by atoms with Crippen molar-refractivity contribution in [2.24, 2.45) is 0 Å². The Balaban J connectivity index is 1.42. The average Bonchev–Trinajstić information content (AvgIpc) is 3.32. The van der Waals surface area contributed by atoms with Gasteiger partial charge in [-0.3, -0.25) is 9.78 Å². The molecule has 0 fully saturated rings. The fourth-order valence-corrected chi connectivity index (χ4v) is 4.40. The fourth-order valence-electron chi connectivity index (χ4n) is 3.18. The van der Waals surface area contributed by atoms with Crippen molar-refractivity contribution < 1.29 is 4.79 Å². The van der Waals surface area contributed by atoms with Gasteiger partial charge in [-0.15, -0.1) is 21.5 Å². The Morgan fingerprint density at radius 1 is 1.11 bits per heavy atom. The quantitative estimate of drug-likeness (QED) is 0.481. The molecule has 1 aromatic carbocycles. The molecule has 5 rings (SSSR count). The molecule has 4 aromatic rings. The summed E-state index contributed by atoms with van der Waals surface area (Å²) in [5.41, 5.74) is 1.34. The Kier molecular flexibility index (Phi) is 4.26. The van der Waals surface area contributed by atoms with Gasteiger partial charge < -0.3 is 9.47 Å². The maximum Gasteiger partial charge on any atom is 0.254 e. The molecule has 7 nitrogen and oxygen atoms in total. The first-order valence-corrected chi connectivity index (χ1v) is 10.0. The molecule has 140 valence electrons. The molecule has 1 aliphatic heterocycles. The van der Waals surface area contributed by atoms with E-state index in [2.05, 4.69) is 20.2 Å². The van der Waals surface area contributed by atoms with E-state index < -0.39 is 0 Å². The third-order valence-corrected chi connectivity index (χ3v) is 6.36. The van der Waals surface area contributed by atoms with Crippen LogP contribution in [0, 0.1) is 0 Å². The standard InChI is InChI=1S/C18H12Cl2N6OS/c19-11-2-1-10(7-12(11)20)18(27)25-5-6-26-15(9-25)23-24-16(26)17-22-13-8-21-4-3-14(13)28-17/h1-4,7-8H,5-6,9H2. The van der Waals surface area contributed by atoms with Crippen LogP contribution in [0.2, 0.25) is 10.0 Å². The van der Waals surface area contributed by atoms with E-state index in [1.807, 2.05) is 10.6 Å². The molecule has 0 aliphatic carbocycles. The smallest absolute Gasteiger partial charge is 0.254 e. The highest BCUT2D eigenvalue weighted by molar-refractivity contribution is 7.21.